The summed E-state index contributed by atoms with van der Waals surface area (Å²) < 4.78 is 13.3. The van der Waals surface area contributed by atoms with Gasteiger partial charge in [-0.25, -0.2) is 9.18 Å². The van der Waals surface area contributed by atoms with E-state index in [0.29, 0.717) is 5.69 Å². The third-order valence-electron chi connectivity index (χ3n) is 3.25. The van der Waals surface area contributed by atoms with Crippen LogP contribution in [0.25, 0.3) is 0 Å². The van der Waals surface area contributed by atoms with Crippen molar-refractivity contribution in [2.45, 2.75) is 19.9 Å². The minimum absolute atomic E-state index is 0.00753. The molecule has 0 spiro atoms. The topological polar surface area (TPSA) is 67.2 Å². The first-order valence-electron chi connectivity index (χ1n) is 6.65. The molecule has 0 aliphatic heterocycles. The minimum atomic E-state index is -0.593. The van der Waals surface area contributed by atoms with E-state index in [4.69, 9.17) is 5.73 Å². The molecule has 0 saturated carbocycles. The zero-order valence-corrected chi connectivity index (χ0v) is 12.0. The average Bonchev–Trinajstić information content (AvgIpc) is 2.43. The molecule has 0 aliphatic rings. The molecule has 1 atom stereocenters. The molecule has 0 fully saturated rings. The number of hydrogen-bond donors (Lipinski definition) is 3. The van der Waals surface area contributed by atoms with E-state index in [1.54, 1.807) is 18.2 Å². The molecular formula is C16H18FN3O. The Labute approximate surface area is 123 Å². The molecule has 21 heavy (non-hydrogen) atoms. The summed E-state index contributed by atoms with van der Waals surface area (Å²) in [5, 5.41) is 5.78. The first-order chi connectivity index (χ1) is 9.95. The quantitative estimate of drug-likeness (QED) is 0.800. The van der Waals surface area contributed by atoms with Crippen molar-refractivity contribution >= 4 is 17.4 Å². The zero-order chi connectivity index (χ0) is 15.4. The smallest absolute Gasteiger partial charge is 0.316 e. The Morgan fingerprint density at radius 2 is 1.86 bits per heavy atom. The van der Waals surface area contributed by atoms with Crippen molar-refractivity contribution in [3.8, 4) is 0 Å². The van der Waals surface area contributed by atoms with Gasteiger partial charge in [-0.15, -0.1) is 0 Å². The van der Waals surface area contributed by atoms with Crippen molar-refractivity contribution in [3.05, 3.63) is 59.4 Å². The number of hydrogen-bond acceptors (Lipinski definition) is 2. The summed E-state index contributed by atoms with van der Waals surface area (Å²) in [6.45, 7) is 3.91. The van der Waals surface area contributed by atoms with Crippen molar-refractivity contribution in [1.29, 1.82) is 0 Å². The maximum absolute atomic E-state index is 13.3. The number of halogens is 1. The normalized spacial score (nSPS) is 11.8. The van der Waals surface area contributed by atoms with E-state index >= 15 is 0 Å². The molecule has 4 N–H and O–H groups in total. The highest BCUT2D eigenvalue weighted by Crippen LogP contribution is 2.23. The van der Waals surface area contributed by atoms with E-state index in [1.165, 1.54) is 12.1 Å². The van der Waals surface area contributed by atoms with Gasteiger partial charge >= 0.3 is 6.03 Å². The van der Waals surface area contributed by atoms with Crippen LogP contribution in [-0.4, -0.2) is 6.03 Å². The number of aryl methyl sites for hydroxylation is 1. The minimum Gasteiger partial charge on any atom is -0.378 e. The van der Waals surface area contributed by atoms with Crippen molar-refractivity contribution < 1.29 is 9.18 Å². The van der Waals surface area contributed by atoms with Gasteiger partial charge < -0.3 is 16.4 Å². The van der Waals surface area contributed by atoms with Crippen molar-refractivity contribution in [2.24, 2.45) is 5.73 Å². The molecule has 2 aromatic rings. The highest BCUT2D eigenvalue weighted by molar-refractivity contribution is 5.87. The van der Waals surface area contributed by atoms with Gasteiger partial charge in [0.1, 0.15) is 5.82 Å². The maximum Gasteiger partial charge on any atom is 0.316 e. The third-order valence-corrected chi connectivity index (χ3v) is 3.25. The standard InChI is InChI=1S/C16H18FN3O/c1-10-3-6-13(17)9-15(10)19-11(2)12-4-7-14(8-5-12)20-16(18)21/h3-9,11,19H,1-2H3,(H3,18,20,21). The summed E-state index contributed by atoms with van der Waals surface area (Å²) in [6, 6.07) is 11.4. The number of nitrogens with two attached hydrogens (primary N) is 1. The number of urea groups is 1. The lowest BCUT2D eigenvalue weighted by Crippen LogP contribution is -2.19. The van der Waals surface area contributed by atoms with Crippen LogP contribution in [0.2, 0.25) is 0 Å². The van der Waals surface area contributed by atoms with E-state index in [9.17, 15) is 9.18 Å². The van der Waals surface area contributed by atoms with E-state index < -0.39 is 6.03 Å². The van der Waals surface area contributed by atoms with Gasteiger partial charge in [0.2, 0.25) is 0 Å². The summed E-state index contributed by atoms with van der Waals surface area (Å²) in [6.07, 6.45) is 0. The summed E-state index contributed by atoms with van der Waals surface area (Å²) >= 11 is 0. The molecule has 0 aromatic heterocycles. The second-order valence-corrected chi connectivity index (χ2v) is 4.94. The van der Waals surface area contributed by atoms with Crippen LogP contribution in [0.3, 0.4) is 0 Å². The van der Waals surface area contributed by atoms with Gasteiger partial charge in [0.05, 0.1) is 0 Å². The summed E-state index contributed by atoms with van der Waals surface area (Å²) in [7, 11) is 0. The van der Waals surface area contributed by atoms with Gasteiger partial charge in [0.15, 0.2) is 0 Å². The average molecular weight is 287 g/mol. The lowest BCUT2D eigenvalue weighted by atomic mass is 10.1. The number of carbonyl (C=O) groups is 1. The van der Waals surface area contributed by atoms with Crippen LogP contribution in [0.15, 0.2) is 42.5 Å². The first kappa shape index (κ1) is 14.8. The summed E-state index contributed by atoms with van der Waals surface area (Å²) in [5.41, 5.74) is 8.47. The number of amides is 2. The van der Waals surface area contributed by atoms with Crippen LogP contribution in [0.4, 0.5) is 20.6 Å². The Balaban J connectivity index is 2.11. The van der Waals surface area contributed by atoms with Crippen LogP contribution in [0, 0.1) is 12.7 Å². The van der Waals surface area contributed by atoms with Crippen LogP contribution in [0.5, 0.6) is 0 Å². The van der Waals surface area contributed by atoms with Crippen LogP contribution >= 0.6 is 0 Å². The Hall–Kier alpha value is -2.56. The van der Waals surface area contributed by atoms with E-state index in [-0.39, 0.29) is 11.9 Å². The Morgan fingerprint density at radius 3 is 2.48 bits per heavy atom. The molecule has 0 aliphatic carbocycles. The zero-order valence-electron chi connectivity index (χ0n) is 12.0. The molecule has 2 amide bonds. The van der Waals surface area contributed by atoms with E-state index in [0.717, 1.165) is 16.8 Å². The lowest BCUT2D eigenvalue weighted by Gasteiger charge is -2.18. The van der Waals surface area contributed by atoms with Crippen LogP contribution in [-0.2, 0) is 0 Å². The molecule has 0 bridgehead atoms. The molecule has 110 valence electrons. The molecule has 2 rings (SSSR count). The van der Waals surface area contributed by atoms with E-state index in [2.05, 4.69) is 10.6 Å². The number of nitrogens with one attached hydrogen (secondary N) is 2. The number of primary amides is 1. The highest BCUT2D eigenvalue weighted by Gasteiger charge is 2.08. The summed E-state index contributed by atoms with van der Waals surface area (Å²) in [4.78, 5) is 10.8. The molecule has 0 heterocycles. The lowest BCUT2D eigenvalue weighted by molar-refractivity contribution is 0.259. The molecular weight excluding hydrogens is 269 g/mol. The number of carbonyl (C=O) groups excluding carboxylic acids is 1. The van der Waals surface area contributed by atoms with Crippen LogP contribution in [0.1, 0.15) is 24.1 Å². The van der Waals surface area contributed by atoms with Gasteiger partial charge in [-0.2, -0.15) is 0 Å². The Morgan fingerprint density at radius 1 is 1.19 bits per heavy atom. The second-order valence-electron chi connectivity index (χ2n) is 4.94. The Bertz CT molecular complexity index is 640. The predicted octanol–water partition coefficient (Wildman–Crippen LogP) is 3.80. The van der Waals surface area contributed by atoms with Crippen molar-refractivity contribution in [3.63, 3.8) is 0 Å². The molecule has 2 aromatic carbocycles. The second kappa shape index (κ2) is 6.26. The fraction of sp³-hybridized carbons (Fsp3) is 0.188. The van der Waals surface area contributed by atoms with Gasteiger partial charge in [0, 0.05) is 17.4 Å². The van der Waals surface area contributed by atoms with Gasteiger partial charge in [0.25, 0.3) is 0 Å². The molecule has 0 saturated heterocycles. The van der Waals surface area contributed by atoms with E-state index in [1.807, 2.05) is 26.0 Å². The number of benzene rings is 2. The summed E-state index contributed by atoms with van der Waals surface area (Å²) in [5.74, 6) is -0.267. The Kier molecular flexibility index (Phi) is 4.42. The predicted molar refractivity (Wildman–Crippen MR) is 82.8 cm³/mol. The van der Waals surface area contributed by atoms with Gasteiger partial charge in [-0.3, -0.25) is 0 Å². The number of rotatable bonds is 4. The van der Waals surface area contributed by atoms with Gasteiger partial charge in [-0.1, -0.05) is 18.2 Å². The third kappa shape index (κ3) is 3.95. The monoisotopic (exact) mass is 287 g/mol. The molecule has 1 unspecified atom stereocenters. The van der Waals surface area contributed by atoms with Crippen molar-refractivity contribution in [1.82, 2.24) is 0 Å². The van der Waals surface area contributed by atoms with Crippen LogP contribution < -0.4 is 16.4 Å². The molecule has 0 radical (unpaired) electrons. The largest absolute Gasteiger partial charge is 0.378 e. The fourth-order valence-corrected chi connectivity index (χ4v) is 2.06. The van der Waals surface area contributed by atoms with Crippen molar-refractivity contribution in [2.75, 3.05) is 10.6 Å². The highest BCUT2D eigenvalue weighted by atomic mass is 19.1. The fourth-order valence-electron chi connectivity index (χ4n) is 2.06. The molecule has 4 nitrogen and oxygen atoms in total. The number of anilines is 2. The SMILES string of the molecule is Cc1ccc(F)cc1NC(C)c1ccc(NC(N)=O)cc1. The van der Waals surface area contributed by atoms with Gasteiger partial charge in [-0.05, 0) is 49.2 Å². The maximum atomic E-state index is 13.3. The molecule has 5 heteroatoms. The first-order valence-corrected chi connectivity index (χ1v) is 6.65.